The predicted octanol–water partition coefficient (Wildman–Crippen LogP) is 3.02. The molecule has 7 nitrogen and oxygen atoms in total. The van der Waals surface area contributed by atoms with Crippen LogP contribution in [0, 0.1) is 6.92 Å². The van der Waals surface area contributed by atoms with Gasteiger partial charge in [-0.15, -0.1) is 0 Å². The highest BCUT2D eigenvalue weighted by molar-refractivity contribution is 5.49. The molecule has 0 saturated carbocycles. The van der Waals surface area contributed by atoms with Crippen molar-refractivity contribution in [3.05, 3.63) is 47.3 Å². The van der Waals surface area contributed by atoms with Crippen molar-refractivity contribution in [2.75, 3.05) is 33.0 Å². The van der Waals surface area contributed by atoms with E-state index >= 15 is 0 Å². The lowest BCUT2D eigenvalue weighted by atomic mass is 9.94. The number of likely N-dealkylation sites (tertiary alicyclic amines) is 1. The number of nitrogens with zero attached hydrogens (tertiary/aromatic N) is 4. The molecule has 4 rings (SSSR count). The highest BCUT2D eigenvalue weighted by Crippen LogP contribution is 2.31. The van der Waals surface area contributed by atoms with Gasteiger partial charge in [0, 0.05) is 31.1 Å². The fourth-order valence-electron chi connectivity index (χ4n) is 4.02. The Labute approximate surface area is 165 Å². The van der Waals surface area contributed by atoms with Gasteiger partial charge in [0.25, 0.3) is 0 Å². The summed E-state index contributed by atoms with van der Waals surface area (Å²) in [6, 6.07) is 10.1. The Bertz CT molecular complexity index is 984. The number of fused-ring (bicyclic) bond motifs is 1. The highest BCUT2D eigenvalue weighted by atomic mass is 16.5. The van der Waals surface area contributed by atoms with E-state index in [0.717, 1.165) is 61.0 Å². The summed E-state index contributed by atoms with van der Waals surface area (Å²) >= 11 is 0. The lowest BCUT2D eigenvalue weighted by Gasteiger charge is -2.32. The Morgan fingerprint density at radius 1 is 1.14 bits per heavy atom. The largest absolute Gasteiger partial charge is 0.493 e. The summed E-state index contributed by atoms with van der Waals surface area (Å²) < 4.78 is 12.5. The van der Waals surface area contributed by atoms with Gasteiger partial charge in [0.1, 0.15) is 5.82 Å². The number of methoxy groups -OCH3 is 2. The van der Waals surface area contributed by atoms with Crippen molar-refractivity contribution in [2.45, 2.75) is 32.2 Å². The Kier molecular flexibility index (Phi) is 5.09. The molecule has 28 heavy (non-hydrogen) atoms. The van der Waals surface area contributed by atoms with Gasteiger partial charge in [-0.05, 0) is 44.0 Å². The number of nitrogens with two attached hydrogens (primary N) is 1. The van der Waals surface area contributed by atoms with Gasteiger partial charge in [0.2, 0.25) is 0 Å². The fraction of sp³-hybridized carbons (Fsp3) is 0.429. The number of rotatable bonds is 5. The Hall–Kier alpha value is -2.80. The van der Waals surface area contributed by atoms with Gasteiger partial charge in [0.15, 0.2) is 17.1 Å². The summed E-state index contributed by atoms with van der Waals surface area (Å²) in [5.74, 6) is 2.54. The van der Waals surface area contributed by atoms with Crippen LogP contribution in [-0.4, -0.2) is 46.8 Å². The Morgan fingerprint density at radius 3 is 2.75 bits per heavy atom. The maximum atomic E-state index is 6.22. The summed E-state index contributed by atoms with van der Waals surface area (Å²) in [5, 5.41) is 4.40. The van der Waals surface area contributed by atoms with E-state index in [1.54, 1.807) is 18.7 Å². The zero-order valence-corrected chi connectivity index (χ0v) is 16.7. The number of nitrogen functional groups attached to an aromatic ring is 1. The van der Waals surface area contributed by atoms with Crippen molar-refractivity contribution in [1.82, 2.24) is 19.5 Å². The van der Waals surface area contributed by atoms with E-state index in [9.17, 15) is 0 Å². The van der Waals surface area contributed by atoms with Crippen molar-refractivity contribution in [1.29, 1.82) is 0 Å². The van der Waals surface area contributed by atoms with E-state index in [-0.39, 0.29) is 0 Å². The summed E-state index contributed by atoms with van der Waals surface area (Å²) in [6.07, 6.45) is 2.27. The molecule has 1 aliphatic rings. The number of aromatic nitrogens is 3. The molecule has 0 spiro atoms. The van der Waals surface area contributed by atoms with Crippen molar-refractivity contribution < 1.29 is 9.47 Å². The van der Waals surface area contributed by atoms with Gasteiger partial charge in [-0.2, -0.15) is 9.61 Å². The number of piperidine rings is 1. The maximum Gasteiger partial charge on any atom is 0.161 e. The maximum absolute atomic E-state index is 6.22. The van der Waals surface area contributed by atoms with Gasteiger partial charge in [0.05, 0.1) is 25.6 Å². The van der Waals surface area contributed by atoms with E-state index in [4.69, 9.17) is 20.2 Å². The molecule has 0 aliphatic carbocycles. The van der Waals surface area contributed by atoms with Crippen LogP contribution in [0.2, 0.25) is 0 Å². The zero-order valence-electron chi connectivity index (χ0n) is 16.7. The number of ether oxygens (including phenoxy) is 2. The third-order valence-corrected chi connectivity index (χ3v) is 5.37. The quantitative estimate of drug-likeness (QED) is 0.732. The third kappa shape index (κ3) is 3.62. The number of hydrogen-bond acceptors (Lipinski definition) is 6. The molecular weight excluding hydrogens is 354 g/mol. The molecule has 0 unspecified atom stereocenters. The minimum atomic E-state index is 0.372. The van der Waals surface area contributed by atoms with Crippen LogP contribution in [-0.2, 0) is 6.54 Å². The molecule has 3 aromatic rings. The molecule has 1 atom stereocenters. The van der Waals surface area contributed by atoms with Crippen LogP contribution in [0.5, 0.6) is 11.5 Å². The standard InChI is InChI=1S/C21H27N5O2/c1-14-9-21-23-17(11-20(22)26(21)24-14)16-5-4-8-25(13-16)12-15-6-7-18(27-2)19(10-15)28-3/h6-7,9-11,16H,4-5,8,12-13,22H2,1-3H3/t16-/m0/s1. The average Bonchev–Trinajstić information content (AvgIpc) is 3.09. The summed E-state index contributed by atoms with van der Waals surface area (Å²) in [5.41, 5.74) is 10.2. The molecule has 0 amide bonds. The van der Waals surface area contributed by atoms with Crippen LogP contribution in [0.4, 0.5) is 5.82 Å². The molecule has 3 heterocycles. The van der Waals surface area contributed by atoms with E-state index < -0.39 is 0 Å². The van der Waals surface area contributed by atoms with Crippen molar-refractivity contribution in [2.24, 2.45) is 0 Å². The first-order valence-electron chi connectivity index (χ1n) is 9.63. The van der Waals surface area contributed by atoms with Gasteiger partial charge >= 0.3 is 0 Å². The first-order valence-corrected chi connectivity index (χ1v) is 9.63. The minimum absolute atomic E-state index is 0.372. The molecule has 1 aromatic carbocycles. The SMILES string of the molecule is COc1ccc(CN2CCC[C@H](c3cc(N)n4nc(C)cc4n3)C2)cc1OC. The predicted molar refractivity (Wildman–Crippen MR) is 109 cm³/mol. The Morgan fingerprint density at radius 2 is 1.96 bits per heavy atom. The van der Waals surface area contributed by atoms with E-state index in [1.165, 1.54) is 5.56 Å². The number of anilines is 1. The van der Waals surface area contributed by atoms with Crippen molar-refractivity contribution in [3.63, 3.8) is 0 Å². The molecule has 0 radical (unpaired) electrons. The first-order chi connectivity index (χ1) is 13.6. The normalized spacial score (nSPS) is 17.8. The number of aryl methyl sites for hydroxylation is 1. The van der Waals surface area contributed by atoms with Gasteiger partial charge in [-0.3, -0.25) is 4.90 Å². The second kappa shape index (κ2) is 7.67. The second-order valence-electron chi connectivity index (χ2n) is 7.43. The van der Waals surface area contributed by atoms with Crippen molar-refractivity contribution >= 4 is 11.5 Å². The number of benzene rings is 1. The molecular formula is C21H27N5O2. The van der Waals surface area contributed by atoms with Crippen LogP contribution in [0.25, 0.3) is 5.65 Å². The molecule has 0 bridgehead atoms. The minimum Gasteiger partial charge on any atom is -0.493 e. The molecule has 148 valence electrons. The summed E-state index contributed by atoms with van der Waals surface area (Å²) in [7, 11) is 3.33. The van der Waals surface area contributed by atoms with Crippen molar-refractivity contribution in [3.8, 4) is 11.5 Å². The van der Waals surface area contributed by atoms with Crippen LogP contribution < -0.4 is 15.2 Å². The first kappa shape index (κ1) is 18.6. The lowest BCUT2D eigenvalue weighted by molar-refractivity contribution is 0.198. The third-order valence-electron chi connectivity index (χ3n) is 5.37. The van der Waals surface area contributed by atoms with Crippen LogP contribution in [0.1, 0.15) is 35.7 Å². The van der Waals surface area contributed by atoms with Crippen LogP contribution >= 0.6 is 0 Å². The summed E-state index contributed by atoms with van der Waals surface area (Å²) in [6.45, 7) is 4.87. The van der Waals surface area contributed by atoms with E-state index in [1.807, 2.05) is 25.1 Å². The van der Waals surface area contributed by atoms with Crippen LogP contribution in [0.3, 0.4) is 0 Å². The average molecular weight is 381 g/mol. The molecule has 2 aromatic heterocycles. The fourth-order valence-corrected chi connectivity index (χ4v) is 4.02. The van der Waals surface area contributed by atoms with E-state index in [0.29, 0.717) is 11.7 Å². The van der Waals surface area contributed by atoms with Crippen LogP contribution in [0.15, 0.2) is 30.3 Å². The molecule has 7 heteroatoms. The van der Waals surface area contributed by atoms with Gasteiger partial charge in [-0.25, -0.2) is 4.98 Å². The lowest BCUT2D eigenvalue weighted by Crippen LogP contribution is -2.34. The van der Waals surface area contributed by atoms with Gasteiger partial charge in [-0.1, -0.05) is 6.07 Å². The number of hydrogen-bond donors (Lipinski definition) is 1. The molecule has 1 aliphatic heterocycles. The topological polar surface area (TPSA) is 77.9 Å². The Balaban J connectivity index is 1.52. The molecule has 1 fully saturated rings. The highest BCUT2D eigenvalue weighted by Gasteiger charge is 2.24. The molecule has 1 saturated heterocycles. The zero-order chi connectivity index (χ0) is 19.7. The smallest absolute Gasteiger partial charge is 0.161 e. The van der Waals surface area contributed by atoms with E-state index in [2.05, 4.69) is 22.1 Å². The molecule has 2 N–H and O–H groups in total. The summed E-state index contributed by atoms with van der Waals surface area (Å²) in [4.78, 5) is 7.30. The second-order valence-corrected chi connectivity index (χ2v) is 7.43. The van der Waals surface area contributed by atoms with Gasteiger partial charge < -0.3 is 15.2 Å². The monoisotopic (exact) mass is 381 g/mol.